The number of hydrogen-bond acceptors (Lipinski definition) is 3. The van der Waals surface area contributed by atoms with Gasteiger partial charge in [0.15, 0.2) is 0 Å². The van der Waals surface area contributed by atoms with Crippen LogP contribution >= 0.6 is 0 Å². The van der Waals surface area contributed by atoms with Gasteiger partial charge in [0.2, 0.25) is 5.91 Å². The van der Waals surface area contributed by atoms with Crippen LogP contribution in [0.5, 0.6) is 0 Å². The summed E-state index contributed by atoms with van der Waals surface area (Å²) in [6.45, 7) is 12.5. The van der Waals surface area contributed by atoms with E-state index in [1.807, 2.05) is 0 Å². The molecule has 0 radical (unpaired) electrons. The van der Waals surface area contributed by atoms with Crippen LogP contribution in [0.15, 0.2) is 0 Å². The van der Waals surface area contributed by atoms with Crippen LogP contribution in [0.4, 0.5) is 0 Å². The van der Waals surface area contributed by atoms with Gasteiger partial charge in [-0.15, -0.1) is 0 Å². The van der Waals surface area contributed by atoms with Crippen molar-refractivity contribution in [2.45, 2.75) is 39.7 Å². The van der Waals surface area contributed by atoms with Crippen molar-refractivity contribution in [3.8, 4) is 0 Å². The first-order valence-electron chi connectivity index (χ1n) is 6.88. The van der Waals surface area contributed by atoms with Crippen molar-refractivity contribution >= 4 is 5.91 Å². The maximum absolute atomic E-state index is 10.8. The zero-order valence-corrected chi connectivity index (χ0v) is 11.5. The average molecular weight is 241 g/mol. The van der Waals surface area contributed by atoms with Crippen LogP contribution in [0.1, 0.15) is 33.6 Å². The molecule has 1 rings (SSSR count). The number of rotatable bonds is 6. The van der Waals surface area contributed by atoms with E-state index in [1.54, 1.807) is 6.92 Å². The number of nitrogens with one attached hydrogen (secondary N) is 1. The second kappa shape index (κ2) is 7.67. The minimum atomic E-state index is 0.0701. The first-order chi connectivity index (χ1) is 8.17. The SMILES string of the molecule is CCC(CC)N1CCN(CCNC(C)=O)CC1. The number of carbonyl (C=O) groups excluding carboxylic acids is 1. The van der Waals surface area contributed by atoms with E-state index < -0.39 is 0 Å². The fourth-order valence-corrected chi connectivity index (χ4v) is 2.55. The van der Waals surface area contributed by atoms with E-state index in [9.17, 15) is 4.79 Å². The van der Waals surface area contributed by atoms with Crippen molar-refractivity contribution in [3.63, 3.8) is 0 Å². The van der Waals surface area contributed by atoms with E-state index in [0.717, 1.165) is 32.2 Å². The normalized spacial score (nSPS) is 18.6. The second-order valence-electron chi connectivity index (χ2n) is 4.83. The standard InChI is InChI=1S/C13H27N3O/c1-4-13(5-2)16-10-8-15(9-11-16)7-6-14-12(3)17/h13H,4-11H2,1-3H3,(H,14,17). The Morgan fingerprint density at radius 2 is 1.76 bits per heavy atom. The lowest BCUT2D eigenvalue weighted by Gasteiger charge is -2.38. The number of hydrogen-bond donors (Lipinski definition) is 1. The summed E-state index contributed by atoms with van der Waals surface area (Å²) in [6.07, 6.45) is 2.50. The van der Waals surface area contributed by atoms with Gasteiger partial charge in [-0.3, -0.25) is 14.6 Å². The third-order valence-corrected chi connectivity index (χ3v) is 3.67. The van der Waals surface area contributed by atoms with E-state index in [2.05, 4.69) is 29.0 Å². The summed E-state index contributed by atoms with van der Waals surface area (Å²) in [5.74, 6) is 0.0701. The van der Waals surface area contributed by atoms with Crippen molar-refractivity contribution in [1.82, 2.24) is 15.1 Å². The highest BCUT2D eigenvalue weighted by Crippen LogP contribution is 2.11. The monoisotopic (exact) mass is 241 g/mol. The maximum atomic E-state index is 10.8. The van der Waals surface area contributed by atoms with Gasteiger partial charge in [0.05, 0.1) is 0 Å². The molecule has 4 nitrogen and oxygen atoms in total. The number of piperazine rings is 1. The summed E-state index contributed by atoms with van der Waals surface area (Å²) in [6, 6.07) is 0.757. The molecule has 4 heteroatoms. The molecular weight excluding hydrogens is 214 g/mol. The summed E-state index contributed by atoms with van der Waals surface area (Å²) in [5.41, 5.74) is 0. The van der Waals surface area contributed by atoms with E-state index in [4.69, 9.17) is 0 Å². The lowest BCUT2D eigenvalue weighted by atomic mass is 10.1. The Morgan fingerprint density at radius 3 is 2.24 bits per heavy atom. The van der Waals surface area contributed by atoms with Gasteiger partial charge in [-0.2, -0.15) is 0 Å². The van der Waals surface area contributed by atoms with Crippen molar-refractivity contribution in [1.29, 1.82) is 0 Å². The average Bonchev–Trinajstić information content (AvgIpc) is 2.32. The Labute approximate surface area is 105 Å². The van der Waals surface area contributed by atoms with Gasteiger partial charge in [-0.05, 0) is 12.8 Å². The molecule has 1 N–H and O–H groups in total. The molecule has 0 saturated carbocycles. The third-order valence-electron chi connectivity index (χ3n) is 3.67. The largest absolute Gasteiger partial charge is 0.355 e. The lowest BCUT2D eigenvalue weighted by Crippen LogP contribution is -2.51. The minimum Gasteiger partial charge on any atom is -0.355 e. The highest BCUT2D eigenvalue weighted by atomic mass is 16.1. The second-order valence-corrected chi connectivity index (χ2v) is 4.83. The molecule has 100 valence electrons. The van der Waals surface area contributed by atoms with Crippen LogP contribution in [-0.2, 0) is 4.79 Å². The van der Waals surface area contributed by atoms with Gasteiger partial charge < -0.3 is 5.32 Å². The Kier molecular flexibility index (Phi) is 6.52. The van der Waals surface area contributed by atoms with Crippen molar-refractivity contribution in [2.75, 3.05) is 39.3 Å². The molecule has 0 aliphatic carbocycles. The maximum Gasteiger partial charge on any atom is 0.216 e. The first kappa shape index (κ1) is 14.5. The molecule has 1 fully saturated rings. The highest BCUT2D eigenvalue weighted by molar-refractivity contribution is 5.72. The molecular formula is C13H27N3O. The smallest absolute Gasteiger partial charge is 0.216 e. The van der Waals surface area contributed by atoms with Gasteiger partial charge >= 0.3 is 0 Å². The van der Waals surface area contributed by atoms with Gasteiger partial charge in [0.1, 0.15) is 0 Å². The number of carbonyl (C=O) groups is 1. The molecule has 1 heterocycles. The van der Waals surface area contributed by atoms with Gasteiger partial charge in [0.25, 0.3) is 0 Å². The van der Waals surface area contributed by atoms with E-state index in [1.165, 1.54) is 25.9 Å². The van der Waals surface area contributed by atoms with Crippen molar-refractivity contribution in [3.05, 3.63) is 0 Å². The van der Waals surface area contributed by atoms with Crippen LogP contribution in [0, 0.1) is 0 Å². The minimum absolute atomic E-state index is 0.0701. The Morgan fingerprint density at radius 1 is 1.18 bits per heavy atom. The molecule has 17 heavy (non-hydrogen) atoms. The molecule has 0 atom stereocenters. The van der Waals surface area contributed by atoms with E-state index >= 15 is 0 Å². The van der Waals surface area contributed by atoms with Crippen LogP contribution in [0.3, 0.4) is 0 Å². The van der Waals surface area contributed by atoms with Crippen LogP contribution in [0.25, 0.3) is 0 Å². The summed E-state index contributed by atoms with van der Waals surface area (Å²) >= 11 is 0. The molecule has 0 unspecified atom stereocenters. The van der Waals surface area contributed by atoms with Gasteiger partial charge in [-0.25, -0.2) is 0 Å². The predicted molar refractivity (Wildman–Crippen MR) is 71.1 cm³/mol. The predicted octanol–water partition coefficient (Wildman–Crippen LogP) is 0.929. The van der Waals surface area contributed by atoms with Crippen molar-refractivity contribution < 1.29 is 4.79 Å². The lowest BCUT2D eigenvalue weighted by molar-refractivity contribution is -0.119. The summed E-state index contributed by atoms with van der Waals surface area (Å²) in [5, 5.41) is 2.85. The molecule has 0 aromatic heterocycles. The van der Waals surface area contributed by atoms with Gasteiger partial charge in [-0.1, -0.05) is 13.8 Å². The summed E-state index contributed by atoms with van der Waals surface area (Å²) in [7, 11) is 0. The fourth-order valence-electron chi connectivity index (χ4n) is 2.55. The summed E-state index contributed by atoms with van der Waals surface area (Å²) < 4.78 is 0. The van der Waals surface area contributed by atoms with Crippen molar-refractivity contribution in [2.24, 2.45) is 0 Å². The molecule has 1 aliphatic rings. The molecule has 0 aromatic carbocycles. The molecule has 1 saturated heterocycles. The molecule has 0 spiro atoms. The summed E-state index contributed by atoms with van der Waals surface area (Å²) in [4.78, 5) is 15.8. The molecule has 1 amide bonds. The third kappa shape index (κ3) is 5.04. The fraction of sp³-hybridized carbons (Fsp3) is 0.923. The Bertz CT molecular complexity index is 221. The Hall–Kier alpha value is -0.610. The highest BCUT2D eigenvalue weighted by Gasteiger charge is 2.21. The quantitative estimate of drug-likeness (QED) is 0.751. The van der Waals surface area contributed by atoms with E-state index in [0.29, 0.717) is 0 Å². The van der Waals surface area contributed by atoms with Crippen LogP contribution in [0.2, 0.25) is 0 Å². The number of amides is 1. The van der Waals surface area contributed by atoms with Gasteiger partial charge in [0, 0.05) is 52.2 Å². The molecule has 0 bridgehead atoms. The zero-order valence-electron chi connectivity index (χ0n) is 11.5. The Balaban J connectivity index is 2.19. The van der Waals surface area contributed by atoms with Crippen LogP contribution < -0.4 is 5.32 Å². The molecule has 1 aliphatic heterocycles. The number of nitrogens with zero attached hydrogens (tertiary/aromatic N) is 2. The zero-order chi connectivity index (χ0) is 12.7. The first-order valence-corrected chi connectivity index (χ1v) is 6.88. The molecule has 0 aromatic rings. The van der Waals surface area contributed by atoms with E-state index in [-0.39, 0.29) is 5.91 Å². The topological polar surface area (TPSA) is 35.6 Å². The van der Waals surface area contributed by atoms with Crippen LogP contribution in [-0.4, -0.2) is 61.0 Å².